The van der Waals surface area contributed by atoms with Gasteiger partial charge in [0.25, 0.3) is 0 Å². The van der Waals surface area contributed by atoms with Crippen LogP contribution in [0.2, 0.25) is 0 Å². The van der Waals surface area contributed by atoms with E-state index in [9.17, 15) is 18.3 Å². The molecule has 2 aromatic carbocycles. The van der Waals surface area contributed by atoms with Gasteiger partial charge in [0.1, 0.15) is 5.75 Å². The fraction of sp³-hybridized carbons (Fsp3) is 0.133. The molecular formula is C15H15NO5S. The minimum Gasteiger partial charge on any atom is -0.497 e. The molecule has 0 radical (unpaired) electrons. The Hall–Kier alpha value is -2.38. The van der Waals surface area contributed by atoms with Crippen LogP contribution in [0.25, 0.3) is 0 Å². The van der Waals surface area contributed by atoms with Crippen molar-refractivity contribution in [2.24, 2.45) is 5.73 Å². The molecule has 116 valence electrons. The summed E-state index contributed by atoms with van der Waals surface area (Å²) >= 11 is 0. The highest BCUT2D eigenvalue weighted by atomic mass is 32.2. The number of aliphatic carboxylic acids is 1. The van der Waals surface area contributed by atoms with Crippen LogP contribution in [-0.4, -0.2) is 26.6 Å². The molecule has 22 heavy (non-hydrogen) atoms. The number of ether oxygens (including phenoxy) is 1. The first kappa shape index (κ1) is 16.0. The van der Waals surface area contributed by atoms with Crippen LogP contribution in [0.1, 0.15) is 5.56 Å². The van der Waals surface area contributed by atoms with Gasteiger partial charge >= 0.3 is 5.97 Å². The maximum absolute atomic E-state index is 12.7. The number of carboxylic acids is 1. The van der Waals surface area contributed by atoms with Gasteiger partial charge in [-0.3, -0.25) is 5.73 Å². The SMILES string of the molecule is COc1ccc(S(=O)(=O)[C@@](N)(C(=O)O)c2ccccc2)cc1. The average molecular weight is 321 g/mol. The molecule has 0 aliphatic heterocycles. The summed E-state index contributed by atoms with van der Waals surface area (Å²) in [6.07, 6.45) is 0. The molecule has 1 atom stereocenters. The number of methoxy groups -OCH3 is 1. The molecule has 0 bridgehead atoms. The third-order valence-electron chi connectivity index (χ3n) is 3.31. The topological polar surface area (TPSA) is 107 Å². The summed E-state index contributed by atoms with van der Waals surface area (Å²) in [6.45, 7) is 0. The largest absolute Gasteiger partial charge is 0.497 e. The first-order valence-electron chi connectivity index (χ1n) is 6.30. The van der Waals surface area contributed by atoms with E-state index in [2.05, 4.69) is 0 Å². The number of benzene rings is 2. The van der Waals surface area contributed by atoms with Gasteiger partial charge in [0.15, 0.2) is 0 Å². The van der Waals surface area contributed by atoms with Gasteiger partial charge < -0.3 is 9.84 Å². The van der Waals surface area contributed by atoms with Crippen molar-refractivity contribution < 1.29 is 23.1 Å². The van der Waals surface area contributed by atoms with Crippen LogP contribution in [0.5, 0.6) is 5.75 Å². The summed E-state index contributed by atoms with van der Waals surface area (Å²) in [5.41, 5.74) is 5.81. The number of hydrogen-bond acceptors (Lipinski definition) is 5. The number of carboxylic acid groups (broad SMARTS) is 1. The molecule has 0 aliphatic rings. The monoisotopic (exact) mass is 321 g/mol. The fourth-order valence-corrected chi connectivity index (χ4v) is 3.56. The van der Waals surface area contributed by atoms with Crippen molar-refractivity contribution in [3.8, 4) is 5.75 Å². The van der Waals surface area contributed by atoms with Crippen LogP contribution in [0.15, 0.2) is 59.5 Å². The summed E-state index contributed by atoms with van der Waals surface area (Å²) in [4.78, 5) is 8.88. The second-order valence-electron chi connectivity index (χ2n) is 4.59. The Labute approximate surface area is 128 Å². The van der Waals surface area contributed by atoms with Crippen LogP contribution in [0, 0.1) is 0 Å². The average Bonchev–Trinajstić information content (AvgIpc) is 2.54. The zero-order valence-corrected chi connectivity index (χ0v) is 12.6. The standard InChI is InChI=1S/C15H15NO5S/c1-21-12-7-9-13(10-8-12)22(19,20)15(16,14(17)18)11-5-3-2-4-6-11/h2-10H,16H2,1H3,(H,17,18)/t15-/m1/s1. The molecule has 0 unspecified atom stereocenters. The third-order valence-corrected chi connectivity index (χ3v) is 5.46. The smallest absolute Gasteiger partial charge is 0.344 e. The maximum atomic E-state index is 12.7. The van der Waals surface area contributed by atoms with E-state index in [4.69, 9.17) is 10.5 Å². The van der Waals surface area contributed by atoms with E-state index in [1.807, 2.05) is 0 Å². The Morgan fingerprint density at radius 2 is 1.64 bits per heavy atom. The van der Waals surface area contributed by atoms with Crippen molar-refractivity contribution in [2.75, 3.05) is 7.11 Å². The predicted molar refractivity (Wildman–Crippen MR) is 80.1 cm³/mol. The molecule has 2 aromatic rings. The van der Waals surface area contributed by atoms with E-state index in [-0.39, 0.29) is 10.5 Å². The predicted octanol–water partition coefficient (Wildman–Crippen LogP) is 1.37. The summed E-state index contributed by atoms with van der Waals surface area (Å²) < 4.78 is 30.5. The quantitative estimate of drug-likeness (QED) is 0.861. The van der Waals surface area contributed by atoms with Gasteiger partial charge in [-0.05, 0) is 29.8 Å². The number of sulfone groups is 1. The van der Waals surface area contributed by atoms with Gasteiger partial charge in [0, 0.05) is 0 Å². The second kappa shape index (κ2) is 5.78. The fourth-order valence-electron chi connectivity index (χ4n) is 2.02. The van der Waals surface area contributed by atoms with Gasteiger partial charge in [-0.2, -0.15) is 0 Å². The lowest BCUT2D eigenvalue weighted by molar-refractivity contribution is -0.140. The van der Waals surface area contributed by atoms with Crippen LogP contribution < -0.4 is 10.5 Å². The molecule has 0 amide bonds. The van der Waals surface area contributed by atoms with E-state index in [1.54, 1.807) is 6.07 Å². The Kier molecular flexibility index (Phi) is 4.20. The van der Waals surface area contributed by atoms with Crippen LogP contribution in [-0.2, 0) is 19.5 Å². The van der Waals surface area contributed by atoms with Crippen molar-refractivity contribution in [1.82, 2.24) is 0 Å². The lowest BCUT2D eigenvalue weighted by atomic mass is 10.1. The van der Waals surface area contributed by atoms with Gasteiger partial charge in [0.2, 0.25) is 14.7 Å². The Bertz CT molecular complexity index is 771. The first-order valence-corrected chi connectivity index (χ1v) is 7.79. The Morgan fingerprint density at radius 1 is 1.09 bits per heavy atom. The van der Waals surface area contributed by atoms with Gasteiger partial charge in [0.05, 0.1) is 12.0 Å². The Balaban J connectivity index is 2.63. The first-order chi connectivity index (χ1) is 10.3. The van der Waals surface area contributed by atoms with E-state index < -0.39 is 20.7 Å². The van der Waals surface area contributed by atoms with Crippen molar-refractivity contribution in [3.05, 3.63) is 60.2 Å². The number of nitrogens with two attached hydrogens (primary N) is 1. The van der Waals surface area contributed by atoms with Crippen molar-refractivity contribution >= 4 is 15.8 Å². The summed E-state index contributed by atoms with van der Waals surface area (Å²) in [6, 6.07) is 12.8. The number of hydrogen-bond donors (Lipinski definition) is 2. The highest BCUT2D eigenvalue weighted by molar-refractivity contribution is 7.93. The zero-order valence-electron chi connectivity index (χ0n) is 11.8. The molecule has 0 aliphatic carbocycles. The molecule has 0 spiro atoms. The molecule has 0 aromatic heterocycles. The minimum atomic E-state index is -4.36. The van der Waals surface area contributed by atoms with Crippen LogP contribution >= 0.6 is 0 Å². The van der Waals surface area contributed by atoms with E-state index in [0.717, 1.165) is 0 Å². The molecule has 6 nitrogen and oxygen atoms in total. The summed E-state index contributed by atoms with van der Waals surface area (Å²) in [7, 11) is -2.91. The lowest BCUT2D eigenvalue weighted by Crippen LogP contribution is -2.51. The van der Waals surface area contributed by atoms with E-state index in [1.165, 1.54) is 55.6 Å². The normalized spacial score (nSPS) is 14.1. The Morgan fingerprint density at radius 3 is 2.09 bits per heavy atom. The minimum absolute atomic E-state index is 0.0154. The van der Waals surface area contributed by atoms with Crippen molar-refractivity contribution in [2.45, 2.75) is 9.77 Å². The van der Waals surface area contributed by atoms with Crippen LogP contribution in [0.3, 0.4) is 0 Å². The maximum Gasteiger partial charge on any atom is 0.344 e. The van der Waals surface area contributed by atoms with Crippen LogP contribution in [0.4, 0.5) is 0 Å². The molecule has 0 fully saturated rings. The van der Waals surface area contributed by atoms with Gasteiger partial charge in [-0.1, -0.05) is 30.3 Å². The van der Waals surface area contributed by atoms with E-state index in [0.29, 0.717) is 5.75 Å². The molecule has 7 heteroatoms. The van der Waals surface area contributed by atoms with Gasteiger partial charge in [-0.15, -0.1) is 0 Å². The van der Waals surface area contributed by atoms with Gasteiger partial charge in [-0.25, -0.2) is 13.2 Å². The summed E-state index contributed by atoms with van der Waals surface area (Å²) in [5.74, 6) is -1.19. The van der Waals surface area contributed by atoms with Crippen molar-refractivity contribution in [3.63, 3.8) is 0 Å². The molecule has 0 saturated heterocycles. The van der Waals surface area contributed by atoms with E-state index >= 15 is 0 Å². The third kappa shape index (κ3) is 2.44. The second-order valence-corrected chi connectivity index (χ2v) is 6.71. The molecular weight excluding hydrogens is 306 g/mol. The lowest BCUT2D eigenvalue weighted by Gasteiger charge is -2.25. The summed E-state index contributed by atoms with van der Waals surface area (Å²) in [5, 5.41) is 9.45. The highest BCUT2D eigenvalue weighted by Gasteiger charge is 2.50. The van der Waals surface area contributed by atoms with Crippen molar-refractivity contribution in [1.29, 1.82) is 0 Å². The molecule has 0 saturated carbocycles. The highest BCUT2D eigenvalue weighted by Crippen LogP contribution is 2.32. The molecule has 2 rings (SSSR count). The molecule has 3 N–H and O–H groups in total. The zero-order chi connectivity index (χ0) is 16.4. The number of rotatable bonds is 5. The molecule has 0 heterocycles. The number of carbonyl (C=O) groups is 1.